The van der Waals surface area contributed by atoms with Crippen LogP contribution in [0, 0.1) is 0 Å². The summed E-state index contributed by atoms with van der Waals surface area (Å²) in [5.74, 6) is 0. The topological polar surface area (TPSA) is 0 Å². The van der Waals surface area contributed by atoms with E-state index >= 15 is 0 Å². The summed E-state index contributed by atoms with van der Waals surface area (Å²) in [7, 11) is 0. The van der Waals surface area contributed by atoms with Gasteiger partial charge in [0.25, 0.3) is 0 Å². The van der Waals surface area contributed by atoms with Crippen LogP contribution in [-0.4, -0.2) is 0 Å². The van der Waals surface area contributed by atoms with Crippen molar-refractivity contribution in [2.24, 2.45) is 0 Å². The van der Waals surface area contributed by atoms with Gasteiger partial charge in [0.15, 0.2) is 0 Å². The summed E-state index contributed by atoms with van der Waals surface area (Å²) in [6.45, 7) is 0. The molecule has 1 fully saturated rings. The molecule has 0 nitrogen and oxygen atoms in total. The average Bonchev–Trinajstić information content (AvgIpc) is 2.68. The first-order valence-electron chi connectivity index (χ1n) is 5.14. The molecule has 3 rings (SSSR count). The number of allylic oxidation sites excluding steroid dienone is 8. The first-order chi connectivity index (χ1) is 6.42. The molecule has 0 spiro atoms. The van der Waals surface area contributed by atoms with Crippen LogP contribution in [0.2, 0.25) is 8.35 Å². The van der Waals surface area contributed by atoms with Gasteiger partial charge in [0, 0.05) is 0 Å². The number of hydrogen-bond acceptors (Lipinski definition) is 0. The Balaban J connectivity index is 0.000000562. The maximum atomic E-state index is 2.42. The first kappa shape index (κ1) is 8.16. The smallest absolute Gasteiger partial charge is 1.00 e. The fraction of sp³-hybridized carbons (Fsp3) is 0.333. The molecule has 0 aromatic rings. The van der Waals surface area contributed by atoms with E-state index in [9.17, 15) is 0 Å². The molecule has 0 amide bonds. The molecular weight excluding hydrogens is 323 g/mol. The van der Waals surface area contributed by atoms with E-state index in [4.69, 9.17) is 0 Å². The molecule has 0 aromatic carbocycles. The van der Waals surface area contributed by atoms with E-state index in [0.29, 0.717) is 0 Å². The van der Waals surface area contributed by atoms with Gasteiger partial charge in [-0.15, -0.1) is 0 Å². The number of hydrogen-bond donors (Lipinski definition) is 0. The van der Waals surface area contributed by atoms with E-state index < -0.39 is 20.0 Å². The van der Waals surface area contributed by atoms with Gasteiger partial charge in [-0.25, -0.2) is 0 Å². The molecule has 1 aliphatic heterocycles. The number of rotatable bonds is 2. The Morgan fingerprint density at radius 3 is 1.77 bits per heavy atom. The fourth-order valence-electron chi connectivity index (χ4n) is 2.58. The minimum atomic E-state index is -1.89. The van der Waals surface area contributed by atoms with Crippen LogP contribution in [0.1, 0.15) is 15.7 Å². The van der Waals surface area contributed by atoms with Crippen LogP contribution >= 0.6 is 0 Å². The van der Waals surface area contributed by atoms with Gasteiger partial charge in [-0.1, -0.05) is 0 Å². The Kier molecular flexibility index (Phi) is 1.83. The summed E-state index contributed by atoms with van der Waals surface area (Å²) in [4.78, 5) is 0. The predicted octanol–water partition coefficient (Wildman–Crippen LogP) is 3.90. The second kappa shape index (κ2) is 2.91. The van der Waals surface area contributed by atoms with E-state index in [1.165, 1.54) is 12.8 Å². The minimum Gasteiger partial charge on any atom is -1.00 e. The molecule has 68 valence electrons. The third-order valence-electron chi connectivity index (χ3n) is 3.52. The summed E-state index contributed by atoms with van der Waals surface area (Å²) in [5, 5.41) is 0. The van der Waals surface area contributed by atoms with Gasteiger partial charge in [-0.2, -0.15) is 0 Å². The fourth-order valence-corrected chi connectivity index (χ4v) is 23.6. The van der Waals surface area contributed by atoms with Crippen LogP contribution in [0.25, 0.3) is 0 Å². The van der Waals surface area contributed by atoms with Gasteiger partial charge in [0.2, 0.25) is 0 Å². The molecule has 1 saturated heterocycles. The van der Waals surface area contributed by atoms with Crippen molar-refractivity contribution in [3.8, 4) is 0 Å². The largest absolute Gasteiger partial charge is 1.00 e. The molecule has 0 radical (unpaired) electrons. The standard InChI is InChI=1S/2C5H5.C2H4.Hf.2H/c2*1-2-4-5-3-1;1-2;;;/h2*1-3H,4H2;1-2H2;;;/q;;;+2;2*-1. The van der Waals surface area contributed by atoms with Gasteiger partial charge in [-0.3, -0.25) is 0 Å². The van der Waals surface area contributed by atoms with Gasteiger partial charge in [-0.05, 0) is 0 Å². The SMILES string of the molecule is C1=CC[C]([Hf+2]2([C]3=CC=CC3)[CH2][CH2]2)=C1.[H-].[H-]. The maximum absolute atomic E-state index is 2.42. The van der Waals surface area contributed by atoms with Crippen molar-refractivity contribution in [3.63, 3.8) is 0 Å². The van der Waals surface area contributed by atoms with Crippen LogP contribution in [0.4, 0.5) is 0 Å². The van der Waals surface area contributed by atoms with E-state index in [1.54, 1.807) is 8.35 Å². The molecule has 0 unspecified atom stereocenters. The molecular formula is C12H16Hf. The van der Waals surface area contributed by atoms with Gasteiger partial charge < -0.3 is 2.85 Å². The second-order valence-electron chi connectivity index (χ2n) is 4.23. The van der Waals surface area contributed by atoms with Gasteiger partial charge in [0.05, 0.1) is 0 Å². The van der Waals surface area contributed by atoms with Crippen LogP contribution in [0.5, 0.6) is 0 Å². The maximum Gasteiger partial charge on any atom is -1.00 e. The van der Waals surface area contributed by atoms with Crippen molar-refractivity contribution in [2.75, 3.05) is 0 Å². The van der Waals surface area contributed by atoms with Crippen LogP contribution in [-0.2, 0) is 20.0 Å². The molecule has 0 bridgehead atoms. The van der Waals surface area contributed by atoms with Gasteiger partial charge in [0.1, 0.15) is 0 Å². The molecule has 0 N–H and O–H groups in total. The quantitative estimate of drug-likeness (QED) is 0.670. The summed E-state index contributed by atoms with van der Waals surface area (Å²) in [6.07, 6.45) is 16.6. The average molecular weight is 339 g/mol. The van der Waals surface area contributed by atoms with Crippen molar-refractivity contribution in [1.29, 1.82) is 0 Å². The second-order valence-corrected chi connectivity index (χ2v) is 20.2. The normalized spacial score (nSPS) is 25.2. The first-order valence-corrected chi connectivity index (χ1v) is 13.8. The molecule has 0 atom stereocenters. The molecule has 1 heterocycles. The van der Waals surface area contributed by atoms with Crippen molar-refractivity contribution >= 4 is 0 Å². The molecule has 0 saturated carbocycles. The zero-order chi connectivity index (χ0) is 8.73. The Labute approximate surface area is 87.0 Å². The molecule has 1 heteroatoms. The van der Waals surface area contributed by atoms with Crippen molar-refractivity contribution < 1.29 is 22.8 Å². The minimum absolute atomic E-state index is 0. The third kappa shape index (κ3) is 1.20. The summed E-state index contributed by atoms with van der Waals surface area (Å²) in [6, 6.07) is 0. The molecule has 2 aliphatic carbocycles. The van der Waals surface area contributed by atoms with Crippen LogP contribution in [0.15, 0.2) is 43.1 Å². The van der Waals surface area contributed by atoms with E-state index in [-0.39, 0.29) is 2.85 Å². The summed E-state index contributed by atoms with van der Waals surface area (Å²) >= 11 is -1.89. The Morgan fingerprint density at radius 1 is 0.923 bits per heavy atom. The van der Waals surface area contributed by atoms with E-state index in [0.717, 1.165) is 0 Å². The van der Waals surface area contributed by atoms with E-state index in [2.05, 4.69) is 36.5 Å². The third-order valence-corrected chi connectivity index (χ3v) is 20.4. The Morgan fingerprint density at radius 2 is 1.46 bits per heavy atom. The molecule has 0 aromatic heterocycles. The summed E-state index contributed by atoms with van der Waals surface area (Å²) < 4.78 is 6.96. The Hall–Kier alpha value is -0.170. The zero-order valence-electron chi connectivity index (χ0n) is 9.79. The van der Waals surface area contributed by atoms with Crippen LogP contribution in [0.3, 0.4) is 0 Å². The van der Waals surface area contributed by atoms with E-state index in [1.807, 2.05) is 6.66 Å². The predicted molar refractivity (Wildman–Crippen MR) is 55.5 cm³/mol. The molecule has 3 aliphatic rings. The van der Waals surface area contributed by atoms with Crippen molar-refractivity contribution in [3.05, 3.63) is 43.1 Å². The summed E-state index contributed by atoms with van der Waals surface area (Å²) in [5.41, 5.74) is 0. The Bertz CT molecular complexity index is 328. The van der Waals surface area contributed by atoms with Crippen LogP contribution < -0.4 is 0 Å². The van der Waals surface area contributed by atoms with Crippen molar-refractivity contribution in [1.82, 2.24) is 0 Å². The monoisotopic (exact) mass is 340 g/mol. The molecule has 13 heavy (non-hydrogen) atoms. The van der Waals surface area contributed by atoms with Crippen molar-refractivity contribution in [2.45, 2.75) is 21.2 Å². The zero-order valence-corrected chi connectivity index (χ0v) is 11.4. The van der Waals surface area contributed by atoms with Gasteiger partial charge >= 0.3 is 84.3 Å².